The molecule has 1 aliphatic rings. The van der Waals surface area contributed by atoms with E-state index >= 15 is 0 Å². The number of hydrogen-bond acceptors (Lipinski definition) is 11. The summed E-state index contributed by atoms with van der Waals surface area (Å²) in [7, 11) is 3.28. The number of carbonyl (C=O) groups excluding carboxylic acids is 1. The Morgan fingerprint density at radius 3 is 2.67 bits per heavy atom. The second-order valence-corrected chi connectivity index (χ2v) is 11.7. The number of rotatable bonds is 12. The fourth-order valence-corrected chi connectivity index (χ4v) is 6.30. The summed E-state index contributed by atoms with van der Waals surface area (Å²) >= 11 is 1.66. The van der Waals surface area contributed by atoms with Crippen molar-refractivity contribution in [3.63, 3.8) is 0 Å². The van der Waals surface area contributed by atoms with Gasteiger partial charge < -0.3 is 35.4 Å². The van der Waals surface area contributed by atoms with Crippen LogP contribution in [-0.2, 0) is 16.1 Å². The summed E-state index contributed by atoms with van der Waals surface area (Å²) in [5.41, 5.74) is 17.2. The quantitative estimate of drug-likeness (QED) is 0.0872. The van der Waals surface area contributed by atoms with Crippen molar-refractivity contribution in [1.29, 1.82) is 0 Å². The van der Waals surface area contributed by atoms with Crippen molar-refractivity contribution in [2.75, 3.05) is 51.2 Å². The number of hydrogen-bond donors (Lipinski definition) is 3. The monoisotopic (exact) mass is 609 g/mol. The first-order chi connectivity index (χ1) is 20.6. The van der Waals surface area contributed by atoms with Gasteiger partial charge in [0.2, 0.25) is 0 Å². The number of nitrogens with two attached hydrogens (primary N) is 3. The lowest BCUT2D eigenvalue weighted by atomic mass is 9.86. The van der Waals surface area contributed by atoms with Crippen LogP contribution in [0.25, 0.3) is 0 Å². The lowest BCUT2D eigenvalue weighted by molar-refractivity contribution is -0.143. The van der Waals surface area contributed by atoms with Crippen LogP contribution in [0.2, 0.25) is 0 Å². The van der Waals surface area contributed by atoms with E-state index in [0.717, 1.165) is 45.2 Å². The minimum atomic E-state index is -0.307. The van der Waals surface area contributed by atoms with Crippen LogP contribution in [0, 0.1) is 6.92 Å². The molecule has 0 aromatic heterocycles. The molecule has 0 fully saturated rings. The average molecular weight is 610 g/mol. The number of nitrogens with zero attached hydrogens (tertiary/aromatic N) is 2. The Hall–Kier alpha value is -3.64. The molecule has 0 amide bonds. The van der Waals surface area contributed by atoms with Crippen molar-refractivity contribution >= 4 is 29.3 Å². The smallest absolute Gasteiger partial charge is 0.306 e. The molecule has 10 nitrogen and oxygen atoms in total. The molecule has 1 heterocycles. The number of ether oxygens (including phenoxy) is 4. The van der Waals surface area contributed by atoms with Crippen molar-refractivity contribution < 1.29 is 23.7 Å². The molecule has 0 aliphatic carbocycles. The second kappa shape index (κ2) is 14.7. The zero-order chi connectivity index (χ0) is 31.1. The normalized spacial score (nSPS) is 15.6. The molecule has 4 rings (SSSR count). The number of esters is 1. The van der Waals surface area contributed by atoms with Crippen LogP contribution in [-0.4, -0.2) is 56.8 Å². The molecular formula is C32H43N5O5S. The van der Waals surface area contributed by atoms with E-state index in [2.05, 4.69) is 36.4 Å². The fraction of sp³-hybridized carbons (Fsp3) is 0.406. The van der Waals surface area contributed by atoms with Gasteiger partial charge >= 0.3 is 5.97 Å². The summed E-state index contributed by atoms with van der Waals surface area (Å²) in [6.07, 6.45) is 0.121. The molecule has 1 aliphatic heterocycles. The Balaban J connectivity index is 1.66. The van der Waals surface area contributed by atoms with E-state index < -0.39 is 0 Å². The molecule has 2 unspecified atom stereocenters. The Morgan fingerprint density at radius 2 is 1.98 bits per heavy atom. The molecule has 3 aromatic carbocycles. The summed E-state index contributed by atoms with van der Waals surface area (Å²) in [6, 6.07) is 16.0. The Morgan fingerprint density at radius 1 is 1.19 bits per heavy atom. The molecule has 2 atom stereocenters. The third-order valence-electron chi connectivity index (χ3n) is 7.22. The van der Waals surface area contributed by atoms with E-state index in [1.807, 2.05) is 30.3 Å². The molecule has 6 N–H and O–H groups in total. The molecule has 0 spiro atoms. The van der Waals surface area contributed by atoms with Crippen LogP contribution in [0.15, 0.2) is 53.4 Å². The van der Waals surface area contributed by atoms with Crippen LogP contribution in [0.1, 0.15) is 48.4 Å². The fourth-order valence-electron chi connectivity index (χ4n) is 5.21. The number of anilines is 2. The van der Waals surface area contributed by atoms with E-state index in [4.69, 9.17) is 36.3 Å². The Labute approximate surface area is 258 Å². The van der Waals surface area contributed by atoms with E-state index in [-0.39, 0.29) is 24.4 Å². The third kappa shape index (κ3) is 8.05. The number of fused-ring (bicyclic) bond motifs is 1. The zero-order valence-corrected chi connectivity index (χ0v) is 26.4. The van der Waals surface area contributed by atoms with Crippen molar-refractivity contribution in [3.8, 4) is 17.2 Å². The van der Waals surface area contributed by atoms with Crippen molar-refractivity contribution in [2.24, 2.45) is 11.6 Å². The number of nitrogen functional groups attached to an aromatic ring is 1. The van der Waals surface area contributed by atoms with Gasteiger partial charge in [-0.05, 0) is 79.2 Å². The van der Waals surface area contributed by atoms with Crippen LogP contribution in [0.5, 0.6) is 17.2 Å². The second-order valence-electron chi connectivity index (χ2n) is 10.6. The number of methoxy groups -OCH3 is 1. The van der Waals surface area contributed by atoms with Gasteiger partial charge in [0.1, 0.15) is 35.6 Å². The van der Waals surface area contributed by atoms with Gasteiger partial charge in [0, 0.05) is 38.7 Å². The maximum Gasteiger partial charge on any atom is 0.306 e. The zero-order valence-electron chi connectivity index (χ0n) is 25.6. The van der Waals surface area contributed by atoms with E-state index in [1.165, 1.54) is 5.01 Å². The van der Waals surface area contributed by atoms with Gasteiger partial charge in [-0.2, -0.15) is 0 Å². The minimum absolute atomic E-state index is 0.0341. The van der Waals surface area contributed by atoms with Gasteiger partial charge in [-0.1, -0.05) is 18.2 Å². The topological polar surface area (TPSA) is 139 Å². The van der Waals surface area contributed by atoms with Gasteiger partial charge in [0.25, 0.3) is 0 Å². The maximum absolute atomic E-state index is 12.8. The maximum atomic E-state index is 12.8. The summed E-state index contributed by atoms with van der Waals surface area (Å²) < 4.78 is 25.3. The van der Waals surface area contributed by atoms with Crippen molar-refractivity contribution in [3.05, 3.63) is 70.8 Å². The summed E-state index contributed by atoms with van der Waals surface area (Å²) in [5, 5.41) is 1.43. The first-order valence-electron chi connectivity index (χ1n) is 14.4. The van der Waals surface area contributed by atoms with Crippen molar-refractivity contribution in [2.45, 2.75) is 50.7 Å². The molecule has 43 heavy (non-hydrogen) atoms. The van der Waals surface area contributed by atoms with Crippen LogP contribution >= 0.6 is 11.9 Å². The molecule has 0 saturated heterocycles. The molecular weight excluding hydrogens is 566 g/mol. The predicted molar refractivity (Wildman–Crippen MR) is 172 cm³/mol. The Kier molecular flexibility index (Phi) is 11.0. The highest BCUT2D eigenvalue weighted by molar-refractivity contribution is 7.97. The highest BCUT2D eigenvalue weighted by Crippen LogP contribution is 2.41. The highest BCUT2D eigenvalue weighted by Gasteiger charge is 2.26. The predicted octanol–water partition coefficient (Wildman–Crippen LogP) is 4.61. The van der Waals surface area contributed by atoms with E-state index in [9.17, 15) is 4.79 Å². The summed E-state index contributed by atoms with van der Waals surface area (Å²) in [5.74, 6) is 7.51. The SMILES string of the molecule is CCOC(=O)CC(c1ccc(C)c(CN2CC(C)Oc3cc(OCCN)ccc3S2)c1)c1cc(N)c(N(C)N)c(OC)c1. The Bertz CT molecular complexity index is 1420. The summed E-state index contributed by atoms with van der Waals surface area (Å²) in [6.45, 7) is 8.58. The lowest BCUT2D eigenvalue weighted by Crippen LogP contribution is -2.27. The molecule has 0 radical (unpaired) electrons. The molecule has 11 heteroatoms. The van der Waals surface area contributed by atoms with Gasteiger partial charge in [-0.15, -0.1) is 0 Å². The number of aryl methyl sites for hydroxylation is 1. The summed E-state index contributed by atoms with van der Waals surface area (Å²) in [4.78, 5) is 13.8. The van der Waals surface area contributed by atoms with Gasteiger partial charge in [-0.3, -0.25) is 4.79 Å². The molecule has 3 aromatic rings. The first-order valence-corrected chi connectivity index (χ1v) is 15.2. The van der Waals surface area contributed by atoms with Gasteiger partial charge in [0.05, 0.1) is 30.7 Å². The van der Waals surface area contributed by atoms with Gasteiger partial charge in [-0.25, -0.2) is 10.1 Å². The van der Waals surface area contributed by atoms with Crippen molar-refractivity contribution in [1.82, 2.24) is 4.31 Å². The largest absolute Gasteiger partial charge is 0.494 e. The number of hydrazine groups is 1. The first kappa shape index (κ1) is 32.3. The minimum Gasteiger partial charge on any atom is -0.494 e. The van der Waals surface area contributed by atoms with Crippen LogP contribution in [0.4, 0.5) is 11.4 Å². The van der Waals surface area contributed by atoms with Crippen LogP contribution < -0.4 is 36.5 Å². The number of carbonyl (C=O) groups is 1. The van der Waals surface area contributed by atoms with Crippen LogP contribution in [0.3, 0.4) is 0 Å². The third-order valence-corrected chi connectivity index (χ3v) is 8.29. The van der Waals surface area contributed by atoms with E-state index in [1.54, 1.807) is 33.0 Å². The van der Waals surface area contributed by atoms with Gasteiger partial charge in [0.15, 0.2) is 0 Å². The standard InChI is InChI=1S/C32H43N5O5S/c1-6-40-31(38)17-26(23-14-27(34)32(36(4)35)29(15-23)39-5)22-8-7-20(2)24(13-22)19-37-18-21(3)42-28-16-25(41-12-11-33)9-10-30(28)43-37/h7-10,13-16,21,26H,6,11-12,17-19,33-35H2,1-5H3. The molecule has 0 bridgehead atoms. The lowest BCUT2D eigenvalue weighted by Gasteiger charge is -2.25. The highest BCUT2D eigenvalue weighted by atomic mass is 32.2. The number of benzene rings is 3. The van der Waals surface area contributed by atoms with E-state index in [0.29, 0.717) is 43.4 Å². The molecule has 0 saturated carbocycles. The average Bonchev–Trinajstić information content (AvgIpc) is 3.12. The molecule has 232 valence electrons.